The minimum absolute atomic E-state index is 0.0997. The third kappa shape index (κ3) is 3.29. The predicted octanol–water partition coefficient (Wildman–Crippen LogP) is 2.05. The molecule has 1 amide bonds. The molecule has 20 heavy (non-hydrogen) atoms. The second-order valence-corrected chi connectivity index (χ2v) is 4.91. The first kappa shape index (κ1) is 14.4. The van der Waals surface area contributed by atoms with Crippen LogP contribution in [0.1, 0.15) is 31.7 Å². The molecule has 0 aromatic heterocycles. The first-order valence-corrected chi connectivity index (χ1v) is 6.86. The molecule has 0 saturated carbocycles. The molecule has 5 heteroatoms. The summed E-state index contributed by atoms with van der Waals surface area (Å²) in [6.45, 7) is 2.99. The third-order valence-electron chi connectivity index (χ3n) is 3.34. The van der Waals surface area contributed by atoms with Gasteiger partial charge >= 0.3 is 5.97 Å². The van der Waals surface area contributed by atoms with Crippen molar-refractivity contribution in [2.45, 2.75) is 38.8 Å². The van der Waals surface area contributed by atoms with Crippen molar-refractivity contribution in [1.82, 2.24) is 4.90 Å². The Morgan fingerprint density at radius 3 is 3.00 bits per heavy atom. The van der Waals surface area contributed by atoms with Gasteiger partial charge < -0.3 is 14.7 Å². The van der Waals surface area contributed by atoms with Gasteiger partial charge in [-0.1, -0.05) is 19.1 Å². The van der Waals surface area contributed by atoms with Crippen LogP contribution in [0.2, 0.25) is 0 Å². The molecule has 1 aromatic carbocycles. The third-order valence-corrected chi connectivity index (χ3v) is 3.34. The number of likely N-dealkylation sites (tertiary alicyclic amines) is 1. The van der Waals surface area contributed by atoms with Gasteiger partial charge in [0.25, 0.3) is 0 Å². The van der Waals surface area contributed by atoms with E-state index in [9.17, 15) is 9.59 Å². The number of carboxylic acid groups (broad SMARTS) is 1. The number of hydrogen-bond acceptors (Lipinski definition) is 3. The van der Waals surface area contributed by atoms with Crippen LogP contribution >= 0.6 is 0 Å². The molecular weight excluding hydrogens is 258 g/mol. The molecule has 1 atom stereocenters. The van der Waals surface area contributed by atoms with E-state index in [0.29, 0.717) is 26.0 Å². The Morgan fingerprint density at radius 2 is 2.30 bits per heavy atom. The van der Waals surface area contributed by atoms with E-state index in [1.807, 2.05) is 31.2 Å². The fourth-order valence-corrected chi connectivity index (χ4v) is 2.34. The monoisotopic (exact) mass is 277 g/mol. The highest BCUT2D eigenvalue weighted by Gasteiger charge is 2.35. The zero-order valence-corrected chi connectivity index (χ0v) is 11.5. The molecule has 1 aliphatic rings. The summed E-state index contributed by atoms with van der Waals surface area (Å²) in [5.74, 6) is -0.283. The van der Waals surface area contributed by atoms with Crippen LogP contribution < -0.4 is 4.74 Å². The Morgan fingerprint density at radius 1 is 1.50 bits per heavy atom. The van der Waals surface area contributed by atoms with E-state index in [1.165, 1.54) is 4.90 Å². The standard InChI is InChI=1S/C15H19NO4/c1-2-8-20-12-5-3-4-11(9-12)10-16-13(15(18)19)6-7-14(16)17/h3-5,9,13H,2,6-8,10H2,1H3,(H,18,19). The Bertz CT molecular complexity index is 500. The van der Waals surface area contributed by atoms with E-state index in [1.54, 1.807) is 0 Å². The topological polar surface area (TPSA) is 66.8 Å². The SMILES string of the molecule is CCCOc1cccc(CN2C(=O)CCC2C(=O)O)c1. The molecule has 1 unspecified atom stereocenters. The van der Waals surface area contributed by atoms with Crippen molar-refractivity contribution < 1.29 is 19.4 Å². The van der Waals surface area contributed by atoms with Gasteiger partial charge in [0.05, 0.1) is 6.61 Å². The van der Waals surface area contributed by atoms with Crippen LogP contribution in [0.25, 0.3) is 0 Å². The summed E-state index contributed by atoms with van der Waals surface area (Å²) in [4.78, 5) is 24.4. The average Bonchev–Trinajstić information content (AvgIpc) is 2.79. The lowest BCUT2D eigenvalue weighted by Crippen LogP contribution is -2.37. The molecule has 0 bridgehead atoms. The lowest BCUT2D eigenvalue weighted by atomic mass is 10.1. The van der Waals surface area contributed by atoms with Gasteiger partial charge in [-0.3, -0.25) is 4.79 Å². The van der Waals surface area contributed by atoms with Crippen molar-refractivity contribution in [1.29, 1.82) is 0 Å². The lowest BCUT2D eigenvalue weighted by Gasteiger charge is -2.21. The number of amides is 1. The highest BCUT2D eigenvalue weighted by atomic mass is 16.5. The van der Waals surface area contributed by atoms with Crippen LogP contribution in [0, 0.1) is 0 Å². The number of carbonyl (C=O) groups excluding carboxylic acids is 1. The molecule has 108 valence electrons. The van der Waals surface area contributed by atoms with Gasteiger partial charge in [-0.05, 0) is 30.5 Å². The summed E-state index contributed by atoms with van der Waals surface area (Å²) in [7, 11) is 0. The molecule has 1 saturated heterocycles. The van der Waals surface area contributed by atoms with Gasteiger partial charge in [-0.25, -0.2) is 4.79 Å². The average molecular weight is 277 g/mol. The van der Waals surface area contributed by atoms with Crippen LogP contribution in [0.3, 0.4) is 0 Å². The van der Waals surface area contributed by atoms with E-state index in [-0.39, 0.29) is 5.91 Å². The van der Waals surface area contributed by atoms with Gasteiger partial charge in [-0.2, -0.15) is 0 Å². The summed E-state index contributed by atoms with van der Waals surface area (Å²) in [5, 5.41) is 9.13. The largest absolute Gasteiger partial charge is 0.494 e. The number of nitrogens with zero attached hydrogens (tertiary/aromatic N) is 1. The summed E-state index contributed by atoms with van der Waals surface area (Å²) in [6.07, 6.45) is 1.62. The van der Waals surface area contributed by atoms with Crippen molar-refractivity contribution >= 4 is 11.9 Å². The molecule has 0 radical (unpaired) electrons. The number of carbonyl (C=O) groups is 2. The Labute approximate surface area is 118 Å². The summed E-state index contributed by atoms with van der Waals surface area (Å²) >= 11 is 0. The number of benzene rings is 1. The van der Waals surface area contributed by atoms with Crippen molar-refractivity contribution in [2.75, 3.05) is 6.61 Å². The van der Waals surface area contributed by atoms with Crippen molar-refractivity contribution in [2.24, 2.45) is 0 Å². The van der Waals surface area contributed by atoms with Crippen molar-refractivity contribution in [3.63, 3.8) is 0 Å². The summed E-state index contributed by atoms with van der Waals surface area (Å²) < 4.78 is 5.54. The minimum Gasteiger partial charge on any atom is -0.494 e. The second-order valence-electron chi connectivity index (χ2n) is 4.91. The number of rotatable bonds is 6. The zero-order chi connectivity index (χ0) is 14.5. The van der Waals surface area contributed by atoms with Crippen LogP contribution in [-0.2, 0) is 16.1 Å². The van der Waals surface area contributed by atoms with E-state index in [4.69, 9.17) is 9.84 Å². The maximum atomic E-state index is 11.8. The first-order valence-electron chi connectivity index (χ1n) is 6.86. The normalized spacial score (nSPS) is 18.4. The Kier molecular flexibility index (Phi) is 4.61. The summed E-state index contributed by atoms with van der Waals surface area (Å²) in [6, 6.07) is 6.75. The highest BCUT2D eigenvalue weighted by Crippen LogP contribution is 2.23. The van der Waals surface area contributed by atoms with E-state index >= 15 is 0 Å². The van der Waals surface area contributed by atoms with Gasteiger partial charge in [-0.15, -0.1) is 0 Å². The van der Waals surface area contributed by atoms with E-state index < -0.39 is 12.0 Å². The van der Waals surface area contributed by atoms with Crippen LogP contribution in [0.5, 0.6) is 5.75 Å². The van der Waals surface area contributed by atoms with Gasteiger partial charge in [0.2, 0.25) is 5.91 Å². The van der Waals surface area contributed by atoms with Gasteiger partial charge in [0.1, 0.15) is 11.8 Å². The van der Waals surface area contributed by atoms with E-state index in [0.717, 1.165) is 17.7 Å². The summed E-state index contributed by atoms with van der Waals surface area (Å²) in [5.41, 5.74) is 0.889. The van der Waals surface area contributed by atoms with E-state index in [2.05, 4.69) is 0 Å². The predicted molar refractivity (Wildman–Crippen MR) is 73.4 cm³/mol. The number of aliphatic carboxylic acids is 1. The molecule has 1 N–H and O–H groups in total. The fourth-order valence-electron chi connectivity index (χ4n) is 2.34. The molecule has 5 nitrogen and oxygen atoms in total. The molecule has 0 spiro atoms. The molecule has 0 aliphatic carbocycles. The van der Waals surface area contributed by atoms with Gasteiger partial charge in [0.15, 0.2) is 0 Å². The van der Waals surface area contributed by atoms with Gasteiger partial charge in [0, 0.05) is 13.0 Å². The van der Waals surface area contributed by atoms with Crippen LogP contribution in [0.15, 0.2) is 24.3 Å². The second kappa shape index (κ2) is 6.41. The van der Waals surface area contributed by atoms with Crippen molar-refractivity contribution in [3.05, 3.63) is 29.8 Å². The lowest BCUT2D eigenvalue weighted by molar-refractivity contribution is -0.146. The molecule has 2 rings (SSSR count). The zero-order valence-electron chi connectivity index (χ0n) is 11.5. The first-order chi connectivity index (χ1) is 9.61. The smallest absolute Gasteiger partial charge is 0.326 e. The Balaban J connectivity index is 2.08. The Hall–Kier alpha value is -2.04. The van der Waals surface area contributed by atoms with Crippen molar-refractivity contribution in [3.8, 4) is 5.75 Å². The molecule has 1 aromatic rings. The number of carboxylic acids is 1. The molecule has 1 heterocycles. The quantitative estimate of drug-likeness (QED) is 0.864. The van der Waals surface area contributed by atoms with Crippen LogP contribution in [0.4, 0.5) is 0 Å². The maximum Gasteiger partial charge on any atom is 0.326 e. The molecular formula is C15H19NO4. The number of hydrogen-bond donors (Lipinski definition) is 1. The fraction of sp³-hybridized carbons (Fsp3) is 0.467. The highest BCUT2D eigenvalue weighted by molar-refractivity contribution is 5.87. The van der Waals surface area contributed by atoms with Crippen LogP contribution in [-0.4, -0.2) is 34.5 Å². The molecule has 1 fully saturated rings. The maximum absolute atomic E-state index is 11.8. The number of ether oxygens (including phenoxy) is 1. The minimum atomic E-state index is -0.936. The molecule has 1 aliphatic heterocycles.